The van der Waals surface area contributed by atoms with E-state index in [4.69, 9.17) is 0 Å². The van der Waals surface area contributed by atoms with Crippen LogP contribution in [0.1, 0.15) is 18.9 Å². The maximum absolute atomic E-state index is 11.9. The molecule has 5 nitrogen and oxygen atoms in total. The average Bonchev–Trinajstić information content (AvgIpc) is 2.49. The van der Waals surface area contributed by atoms with E-state index >= 15 is 0 Å². The Hall–Kier alpha value is -2.43. The van der Waals surface area contributed by atoms with Crippen LogP contribution < -0.4 is 5.32 Å². The number of rotatable bonds is 6. The van der Waals surface area contributed by atoms with E-state index in [0.717, 1.165) is 16.9 Å². The Labute approximate surface area is 118 Å². The van der Waals surface area contributed by atoms with Crippen LogP contribution in [0.15, 0.2) is 36.4 Å². The van der Waals surface area contributed by atoms with Gasteiger partial charge in [0.25, 0.3) is 5.91 Å². The molecule has 0 aliphatic carbocycles. The van der Waals surface area contributed by atoms with Gasteiger partial charge in [0.1, 0.15) is 0 Å². The molecule has 0 aromatic heterocycles. The van der Waals surface area contributed by atoms with E-state index in [2.05, 4.69) is 5.32 Å². The molecule has 1 rings (SSSR count). The standard InChI is InChI=1S/C15H17N2O3/c1-2-10-16-15(20)17(11-12-18)14(19)9-8-13-6-4-3-5-7-13/h3-9H,2,10-11H2,1H3,(H,16,20)/b9-8+. The first kappa shape index (κ1) is 15.6. The van der Waals surface area contributed by atoms with Crippen molar-refractivity contribution in [2.24, 2.45) is 0 Å². The number of urea groups is 1. The molecule has 0 spiro atoms. The van der Waals surface area contributed by atoms with Gasteiger partial charge in [-0.15, -0.1) is 0 Å². The third kappa shape index (κ3) is 5.06. The van der Waals surface area contributed by atoms with Crippen molar-refractivity contribution < 1.29 is 14.4 Å². The second-order valence-corrected chi connectivity index (χ2v) is 4.04. The van der Waals surface area contributed by atoms with Crippen molar-refractivity contribution in [1.82, 2.24) is 10.2 Å². The van der Waals surface area contributed by atoms with Crippen molar-refractivity contribution in [1.29, 1.82) is 0 Å². The molecular weight excluding hydrogens is 256 g/mol. The maximum Gasteiger partial charge on any atom is 0.324 e. The van der Waals surface area contributed by atoms with Crippen molar-refractivity contribution in [2.45, 2.75) is 13.3 Å². The van der Waals surface area contributed by atoms with Crippen LogP contribution in [0.3, 0.4) is 0 Å². The summed E-state index contributed by atoms with van der Waals surface area (Å²) in [5.74, 6) is -0.550. The molecule has 1 aromatic carbocycles. The zero-order valence-electron chi connectivity index (χ0n) is 11.3. The minimum Gasteiger partial charge on any atom is -0.338 e. The topological polar surface area (TPSA) is 66.5 Å². The fraction of sp³-hybridized carbons (Fsp3) is 0.267. The SMILES string of the molecule is CCCNC(=O)N(C[C]=O)C(=O)/C=C/c1ccccc1. The molecule has 105 valence electrons. The van der Waals surface area contributed by atoms with Gasteiger partial charge in [0.05, 0.1) is 6.54 Å². The number of carbonyl (C=O) groups excluding carboxylic acids is 3. The summed E-state index contributed by atoms with van der Waals surface area (Å²) in [5.41, 5.74) is 0.838. The second kappa shape index (κ2) is 8.63. The van der Waals surface area contributed by atoms with Crippen LogP contribution in [0, 0.1) is 0 Å². The number of imide groups is 1. The molecule has 0 unspecified atom stereocenters. The van der Waals surface area contributed by atoms with Crippen molar-refractivity contribution in [2.75, 3.05) is 13.1 Å². The molecule has 0 saturated heterocycles. The average molecular weight is 273 g/mol. The molecule has 0 atom stereocenters. The van der Waals surface area contributed by atoms with Gasteiger partial charge in [-0.2, -0.15) is 0 Å². The summed E-state index contributed by atoms with van der Waals surface area (Å²) in [6.45, 7) is 1.96. The van der Waals surface area contributed by atoms with Crippen LogP contribution in [0.25, 0.3) is 6.08 Å². The molecule has 1 radical (unpaired) electrons. The third-order valence-corrected chi connectivity index (χ3v) is 2.48. The van der Waals surface area contributed by atoms with E-state index in [1.54, 1.807) is 12.4 Å². The van der Waals surface area contributed by atoms with Crippen LogP contribution in [0.2, 0.25) is 0 Å². The summed E-state index contributed by atoms with van der Waals surface area (Å²) in [4.78, 5) is 34.9. The molecule has 1 N–H and O–H groups in total. The first-order chi connectivity index (χ1) is 9.69. The highest BCUT2D eigenvalue weighted by Gasteiger charge is 2.18. The molecule has 0 saturated carbocycles. The first-order valence-corrected chi connectivity index (χ1v) is 6.36. The molecule has 0 heterocycles. The van der Waals surface area contributed by atoms with E-state index in [1.165, 1.54) is 6.08 Å². The van der Waals surface area contributed by atoms with Crippen molar-refractivity contribution in [3.05, 3.63) is 42.0 Å². The maximum atomic E-state index is 11.9. The van der Waals surface area contributed by atoms with Crippen molar-refractivity contribution >= 4 is 24.3 Å². The Morgan fingerprint density at radius 1 is 1.30 bits per heavy atom. The lowest BCUT2D eigenvalue weighted by Crippen LogP contribution is -2.44. The summed E-state index contributed by atoms with van der Waals surface area (Å²) in [6, 6.07) is 8.63. The highest BCUT2D eigenvalue weighted by Crippen LogP contribution is 2.02. The number of amides is 3. The number of carbonyl (C=O) groups is 2. The van der Waals surface area contributed by atoms with Gasteiger partial charge in [-0.1, -0.05) is 37.3 Å². The van der Waals surface area contributed by atoms with Gasteiger partial charge in [0, 0.05) is 12.6 Å². The highest BCUT2D eigenvalue weighted by molar-refractivity contribution is 6.03. The largest absolute Gasteiger partial charge is 0.338 e. The van der Waals surface area contributed by atoms with Crippen molar-refractivity contribution in [3.63, 3.8) is 0 Å². The number of nitrogens with zero attached hydrogens (tertiary/aromatic N) is 1. The van der Waals surface area contributed by atoms with E-state index in [0.29, 0.717) is 6.54 Å². The molecule has 0 fully saturated rings. The summed E-state index contributed by atoms with van der Waals surface area (Å²) < 4.78 is 0. The lowest BCUT2D eigenvalue weighted by Gasteiger charge is -2.16. The van der Waals surface area contributed by atoms with Gasteiger partial charge < -0.3 is 5.32 Å². The Balaban J connectivity index is 2.71. The molecular formula is C15H17N2O3. The van der Waals surface area contributed by atoms with Crippen LogP contribution in [0.5, 0.6) is 0 Å². The number of benzene rings is 1. The minimum atomic E-state index is -0.585. The first-order valence-electron chi connectivity index (χ1n) is 6.36. The van der Waals surface area contributed by atoms with Gasteiger partial charge in [-0.25, -0.2) is 4.79 Å². The third-order valence-electron chi connectivity index (χ3n) is 2.48. The lowest BCUT2D eigenvalue weighted by atomic mass is 10.2. The molecule has 20 heavy (non-hydrogen) atoms. The predicted octanol–water partition coefficient (Wildman–Crippen LogP) is 1.76. The second-order valence-electron chi connectivity index (χ2n) is 4.04. The summed E-state index contributed by atoms with van der Waals surface area (Å²) in [6.07, 6.45) is 5.17. The molecule has 1 aromatic rings. The predicted molar refractivity (Wildman–Crippen MR) is 76.6 cm³/mol. The molecule has 0 aliphatic heterocycles. The molecule has 0 bridgehead atoms. The Morgan fingerprint density at radius 2 is 2.00 bits per heavy atom. The van der Waals surface area contributed by atoms with E-state index in [9.17, 15) is 14.4 Å². The van der Waals surface area contributed by atoms with Gasteiger partial charge in [0.2, 0.25) is 6.29 Å². The Bertz CT molecular complexity index is 483. The highest BCUT2D eigenvalue weighted by atomic mass is 16.2. The summed E-state index contributed by atoms with van der Waals surface area (Å²) >= 11 is 0. The Kier molecular flexibility index (Phi) is 6.75. The smallest absolute Gasteiger partial charge is 0.324 e. The Morgan fingerprint density at radius 3 is 2.60 bits per heavy atom. The summed E-state index contributed by atoms with van der Waals surface area (Å²) in [5, 5.41) is 2.55. The zero-order chi connectivity index (χ0) is 14.8. The van der Waals surface area contributed by atoms with Crippen LogP contribution in [-0.2, 0) is 9.59 Å². The minimum absolute atomic E-state index is 0.381. The fourth-order valence-electron chi connectivity index (χ4n) is 1.46. The number of nitrogens with one attached hydrogen (secondary N) is 1. The zero-order valence-corrected chi connectivity index (χ0v) is 11.3. The van der Waals surface area contributed by atoms with Crippen LogP contribution >= 0.6 is 0 Å². The molecule has 3 amide bonds. The van der Waals surface area contributed by atoms with Gasteiger partial charge in [0.15, 0.2) is 0 Å². The van der Waals surface area contributed by atoms with Gasteiger partial charge >= 0.3 is 6.03 Å². The van der Waals surface area contributed by atoms with Gasteiger partial charge in [-0.3, -0.25) is 14.5 Å². The molecule has 5 heteroatoms. The monoisotopic (exact) mass is 273 g/mol. The van der Waals surface area contributed by atoms with Gasteiger partial charge in [-0.05, 0) is 18.1 Å². The van der Waals surface area contributed by atoms with E-state index in [-0.39, 0.29) is 6.54 Å². The lowest BCUT2D eigenvalue weighted by molar-refractivity contribution is -0.122. The molecule has 0 aliphatic rings. The fourth-order valence-corrected chi connectivity index (χ4v) is 1.46. The van der Waals surface area contributed by atoms with Crippen LogP contribution in [-0.4, -0.2) is 36.2 Å². The van der Waals surface area contributed by atoms with Crippen molar-refractivity contribution in [3.8, 4) is 0 Å². The van der Waals surface area contributed by atoms with E-state index < -0.39 is 11.9 Å². The normalized spacial score (nSPS) is 10.2. The van der Waals surface area contributed by atoms with Crippen LogP contribution in [0.4, 0.5) is 4.79 Å². The van der Waals surface area contributed by atoms with E-state index in [1.807, 2.05) is 37.3 Å². The number of hydrogen-bond donors (Lipinski definition) is 1. The summed E-state index contributed by atoms with van der Waals surface area (Å²) in [7, 11) is 0. The quantitative estimate of drug-likeness (QED) is 0.803. The number of hydrogen-bond acceptors (Lipinski definition) is 3.